The van der Waals surface area contributed by atoms with Crippen LogP contribution < -0.4 is 4.74 Å². The molecule has 0 radical (unpaired) electrons. The highest BCUT2D eigenvalue weighted by atomic mass is 35.5. The number of ether oxygens (including phenoxy) is 2. The minimum atomic E-state index is -0.315. The zero-order valence-electron chi connectivity index (χ0n) is 15.3. The largest absolute Gasteiger partial charge is 0.496 e. The average Bonchev–Trinajstić information content (AvgIpc) is 2.62. The number of carbonyl (C=O) groups is 2. The monoisotopic (exact) mass is 366 g/mol. The van der Waals surface area contributed by atoms with Crippen molar-refractivity contribution in [3.05, 3.63) is 28.3 Å². The Morgan fingerprint density at radius 2 is 1.84 bits per heavy atom. The van der Waals surface area contributed by atoms with Gasteiger partial charge in [0.05, 0.1) is 19.6 Å². The number of benzene rings is 1. The normalized spacial score (nSPS) is 20.2. The van der Waals surface area contributed by atoms with Gasteiger partial charge in [0.15, 0.2) is 0 Å². The molecule has 138 valence electrons. The molecule has 0 amide bonds. The minimum absolute atomic E-state index is 0.0908. The molecule has 1 aromatic rings. The number of Topliss-reactive ketones (excluding diaryl/α,β-unsaturated/α-hetero) is 1. The van der Waals surface area contributed by atoms with Crippen LogP contribution in [0.1, 0.15) is 50.7 Å². The first-order valence-corrected chi connectivity index (χ1v) is 9.44. The fourth-order valence-electron chi connectivity index (χ4n) is 3.72. The van der Waals surface area contributed by atoms with E-state index < -0.39 is 0 Å². The summed E-state index contributed by atoms with van der Waals surface area (Å²) in [5, 5.41) is 0.604. The first-order chi connectivity index (χ1) is 12.0. The van der Waals surface area contributed by atoms with Gasteiger partial charge in [0.1, 0.15) is 11.5 Å². The smallest absolute Gasteiger partial charge is 0.309 e. The maximum atomic E-state index is 13.0. The van der Waals surface area contributed by atoms with Gasteiger partial charge in [-0.2, -0.15) is 0 Å². The van der Waals surface area contributed by atoms with E-state index >= 15 is 0 Å². The standard InChI is InChI=1S/C20H27ClO4/c1-4-13-10-14(21)11-19(24-3)17(13)12-18(22)15-8-6-7-9-16(15)20(23)25-5-2/h10-11,15-16H,4-9,12H2,1-3H3. The highest BCUT2D eigenvalue weighted by molar-refractivity contribution is 6.30. The van der Waals surface area contributed by atoms with Gasteiger partial charge in [-0.05, 0) is 43.9 Å². The third-order valence-electron chi connectivity index (χ3n) is 4.99. The van der Waals surface area contributed by atoms with E-state index in [1.165, 1.54) is 0 Å². The van der Waals surface area contributed by atoms with Crippen LogP contribution in [0.4, 0.5) is 0 Å². The summed E-state index contributed by atoms with van der Waals surface area (Å²) in [5.41, 5.74) is 1.90. The number of esters is 1. The molecule has 1 saturated carbocycles. The number of hydrogen-bond donors (Lipinski definition) is 0. The molecule has 2 rings (SSSR count). The summed E-state index contributed by atoms with van der Waals surface area (Å²) in [4.78, 5) is 25.3. The predicted molar refractivity (Wildman–Crippen MR) is 98.2 cm³/mol. The highest BCUT2D eigenvalue weighted by Crippen LogP contribution is 2.35. The second-order valence-corrected chi connectivity index (χ2v) is 6.93. The molecule has 1 aliphatic carbocycles. The first kappa shape index (κ1) is 19.8. The molecule has 0 heterocycles. The Morgan fingerprint density at radius 1 is 1.16 bits per heavy atom. The Bertz CT molecular complexity index is 601. The Kier molecular flexibility index (Phi) is 7.30. The molecule has 0 bridgehead atoms. The van der Waals surface area contributed by atoms with E-state index in [0.29, 0.717) is 17.4 Å². The molecule has 0 saturated heterocycles. The number of carbonyl (C=O) groups excluding carboxylic acids is 2. The SMILES string of the molecule is CCOC(=O)C1CCCCC1C(=O)Cc1c(CC)cc(Cl)cc1OC. The van der Waals surface area contributed by atoms with Crippen LogP contribution in [0.5, 0.6) is 5.75 Å². The summed E-state index contributed by atoms with van der Waals surface area (Å²) in [6.07, 6.45) is 4.46. The Balaban J connectivity index is 2.24. The molecule has 0 N–H and O–H groups in total. The second kappa shape index (κ2) is 9.23. The maximum Gasteiger partial charge on any atom is 0.309 e. The van der Waals surface area contributed by atoms with Gasteiger partial charge >= 0.3 is 5.97 Å². The lowest BCUT2D eigenvalue weighted by molar-refractivity contribution is -0.153. The molecule has 4 nitrogen and oxygen atoms in total. The van der Waals surface area contributed by atoms with Crippen molar-refractivity contribution in [2.24, 2.45) is 11.8 Å². The van der Waals surface area contributed by atoms with Gasteiger partial charge < -0.3 is 9.47 Å². The topological polar surface area (TPSA) is 52.6 Å². The minimum Gasteiger partial charge on any atom is -0.496 e. The summed E-state index contributed by atoms with van der Waals surface area (Å²) in [6, 6.07) is 3.63. The molecule has 0 spiro atoms. The van der Waals surface area contributed by atoms with Crippen LogP contribution in [-0.4, -0.2) is 25.5 Å². The van der Waals surface area contributed by atoms with Gasteiger partial charge in [-0.3, -0.25) is 9.59 Å². The Morgan fingerprint density at radius 3 is 2.44 bits per heavy atom. The van der Waals surface area contributed by atoms with E-state index in [0.717, 1.165) is 43.2 Å². The molecule has 2 unspecified atom stereocenters. The fraction of sp³-hybridized carbons (Fsp3) is 0.600. The number of halogens is 1. The number of rotatable bonds is 7. The molecule has 1 aliphatic rings. The van der Waals surface area contributed by atoms with Gasteiger partial charge in [0.2, 0.25) is 0 Å². The van der Waals surface area contributed by atoms with Gasteiger partial charge in [0.25, 0.3) is 0 Å². The van der Waals surface area contributed by atoms with Crippen LogP contribution in [0.15, 0.2) is 12.1 Å². The summed E-state index contributed by atoms with van der Waals surface area (Å²) in [7, 11) is 1.58. The lowest BCUT2D eigenvalue weighted by atomic mass is 9.75. The van der Waals surface area contributed by atoms with Crippen molar-refractivity contribution in [3.8, 4) is 5.75 Å². The van der Waals surface area contributed by atoms with Crippen LogP contribution in [0.2, 0.25) is 5.02 Å². The van der Waals surface area contributed by atoms with Gasteiger partial charge in [-0.1, -0.05) is 31.4 Å². The van der Waals surface area contributed by atoms with Crippen molar-refractivity contribution in [3.63, 3.8) is 0 Å². The lowest BCUT2D eigenvalue weighted by Gasteiger charge is -2.29. The molecular formula is C20H27ClO4. The number of ketones is 1. The van der Waals surface area contributed by atoms with Crippen LogP contribution in [0.3, 0.4) is 0 Å². The lowest BCUT2D eigenvalue weighted by Crippen LogP contribution is -2.35. The zero-order chi connectivity index (χ0) is 18.4. The quantitative estimate of drug-likeness (QED) is 0.671. The number of hydrogen-bond acceptors (Lipinski definition) is 4. The van der Waals surface area contributed by atoms with E-state index in [1.807, 2.05) is 13.0 Å². The number of methoxy groups -OCH3 is 1. The van der Waals surface area contributed by atoms with Crippen molar-refractivity contribution in [1.82, 2.24) is 0 Å². The van der Waals surface area contributed by atoms with E-state index in [1.54, 1.807) is 20.1 Å². The highest BCUT2D eigenvalue weighted by Gasteiger charge is 2.36. The third kappa shape index (κ3) is 4.75. The van der Waals surface area contributed by atoms with Gasteiger partial charge in [-0.25, -0.2) is 0 Å². The van der Waals surface area contributed by atoms with E-state index in [9.17, 15) is 9.59 Å². The van der Waals surface area contributed by atoms with Crippen molar-refractivity contribution >= 4 is 23.4 Å². The molecule has 5 heteroatoms. The number of aryl methyl sites for hydroxylation is 1. The van der Waals surface area contributed by atoms with Gasteiger partial charge in [0, 0.05) is 22.9 Å². The average molecular weight is 367 g/mol. The van der Waals surface area contributed by atoms with E-state index in [-0.39, 0.29) is 30.0 Å². The van der Waals surface area contributed by atoms with E-state index in [2.05, 4.69) is 0 Å². The van der Waals surface area contributed by atoms with Crippen molar-refractivity contribution < 1.29 is 19.1 Å². The van der Waals surface area contributed by atoms with Crippen molar-refractivity contribution in [2.45, 2.75) is 52.4 Å². The van der Waals surface area contributed by atoms with Crippen LogP contribution in [0.25, 0.3) is 0 Å². The third-order valence-corrected chi connectivity index (χ3v) is 5.21. The van der Waals surface area contributed by atoms with Gasteiger partial charge in [-0.15, -0.1) is 0 Å². The molecule has 25 heavy (non-hydrogen) atoms. The molecular weight excluding hydrogens is 340 g/mol. The molecule has 0 aliphatic heterocycles. The molecule has 0 aromatic heterocycles. The Labute approximate surface area is 154 Å². The molecule has 2 atom stereocenters. The predicted octanol–water partition coefficient (Wildman–Crippen LogP) is 4.39. The van der Waals surface area contributed by atoms with Crippen LogP contribution in [-0.2, 0) is 27.2 Å². The molecule has 1 aromatic carbocycles. The van der Waals surface area contributed by atoms with Crippen LogP contribution >= 0.6 is 11.6 Å². The summed E-state index contributed by atoms with van der Waals surface area (Å²) >= 11 is 6.14. The Hall–Kier alpha value is -1.55. The summed E-state index contributed by atoms with van der Waals surface area (Å²) in [6.45, 7) is 4.17. The maximum absolute atomic E-state index is 13.0. The summed E-state index contributed by atoms with van der Waals surface area (Å²) in [5.74, 6) is -0.0870. The second-order valence-electron chi connectivity index (χ2n) is 6.49. The fourth-order valence-corrected chi connectivity index (χ4v) is 3.95. The van der Waals surface area contributed by atoms with Crippen LogP contribution in [0, 0.1) is 11.8 Å². The van der Waals surface area contributed by atoms with Crippen molar-refractivity contribution in [2.75, 3.05) is 13.7 Å². The van der Waals surface area contributed by atoms with E-state index in [4.69, 9.17) is 21.1 Å². The molecule has 1 fully saturated rings. The zero-order valence-corrected chi connectivity index (χ0v) is 16.0. The first-order valence-electron chi connectivity index (χ1n) is 9.06. The van der Waals surface area contributed by atoms with Crippen molar-refractivity contribution in [1.29, 1.82) is 0 Å². The summed E-state index contributed by atoms with van der Waals surface area (Å²) < 4.78 is 10.6.